The SMILES string of the molecule is Nc1cc2c(nc1-c1ccccc1)CN(C(=O)O)CC2. The standard InChI is InChI=1S/C15H15N3O2/c16-12-8-11-6-7-18(15(19)20)9-13(11)17-14(12)10-4-2-1-3-5-10/h1-5,8H,6-7,9,16H2,(H,19,20). The van der Waals surface area contributed by atoms with E-state index < -0.39 is 6.09 Å². The summed E-state index contributed by atoms with van der Waals surface area (Å²) in [7, 11) is 0. The van der Waals surface area contributed by atoms with Crippen LogP contribution in [0.2, 0.25) is 0 Å². The number of amides is 1. The normalized spacial score (nSPS) is 13.9. The topological polar surface area (TPSA) is 79.5 Å². The van der Waals surface area contributed by atoms with E-state index in [1.54, 1.807) is 0 Å². The van der Waals surface area contributed by atoms with Gasteiger partial charge in [0, 0.05) is 12.1 Å². The lowest BCUT2D eigenvalue weighted by Crippen LogP contribution is -2.35. The van der Waals surface area contributed by atoms with Crippen LogP contribution in [0.1, 0.15) is 11.3 Å². The van der Waals surface area contributed by atoms with Gasteiger partial charge >= 0.3 is 6.09 Å². The first kappa shape index (κ1) is 12.5. The molecule has 102 valence electrons. The summed E-state index contributed by atoms with van der Waals surface area (Å²) >= 11 is 0. The Morgan fingerprint density at radius 3 is 2.75 bits per heavy atom. The molecule has 0 aliphatic carbocycles. The van der Waals surface area contributed by atoms with Gasteiger partial charge in [0.25, 0.3) is 0 Å². The molecule has 0 unspecified atom stereocenters. The van der Waals surface area contributed by atoms with Gasteiger partial charge in [0.1, 0.15) is 0 Å². The van der Waals surface area contributed by atoms with Crippen molar-refractivity contribution in [3.63, 3.8) is 0 Å². The van der Waals surface area contributed by atoms with Gasteiger partial charge in [-0.25, -0.2) is 9.78 Å². The van der Waals surface area contributed by atoms with Crippen LogP contribution < -0.4 is 5.73 Å². The molecule has 20 heavy (non-hydrogen) atoms. The summed E-state index contributed by atoms with van der Waals surface area (Å²) < 4.78 is 0. The van der Waals surface area contributed by atoms with Gasteiger partial charge < -0.3 is 15.7 Å². The molecule has 5 nitrogen and oxygen atoms in total. The van der Waals surface area contributed by atoms with Gasteiger partial charge in [-0.05, 0) is 18.1 Å². The number of nitrogens with zero attached hydrogens (tertiary/aromatic N) is 2. The molecule has 1 aromatic carbocycles. The number of nitrogen functional groups attached to an aromatic ring is 1. The molecule has 0 atom stereocenters. The molecule has 0 bridgehead atoms. The summed E-state index contributed by atoms with van der Waals surface area (Å²) in [5.41, 5.74) is 10.2. The fraction of sp³-hybridized carbons (Fsp3) is 0.200. The van der Waals surface area contributed by atoms with Crippen molar-refractivity contribution in [3.05, 3.63) is 47.7 Å². The van der Waals surface area contributed by atoms with E-state index in [9.17, 15) is 4.79 Å². The molecular weight excluding hydrogens is 254 g/mol. The molecule has 2 aromatic rings. The minimum absolute atomic E-state index is 0.324. The van der Waals surface area contributed by atoms with E-state index in [4.69, 9.17) is 10.8 Å². The van der Waals surface area contributed by atoms with Crippen LogP contribution in [0.25, 0.3) is 11.3 Å². The third-order valence-corrected chi connectivity index (χ3v) is 3.53. The zero-order chi connectivity index (χ0) is 14.1. The van der Waals surface area contributed by atoms with E-state index >= 15 is 0 Å². The highest BCUT2D eigenvalue weighted by molar-refractivity contribution is 5.73. The second kappa shape index (κ2) is 4.85. The molecule has 2 heterocycles. The van der Waals surface area contributed by atoms with Crippen LogP contribution in [0, 0.1) is 0 Å². The van der Waals surface area contributed by atoms with E-state index in [0.29, 0.717) is 25.2 Å². The maximum atomic E-state index is 11.1. The molecule has 0 radical (unpaired) electrons. The second-order valence-corrected chi connectivity index (χ2v) is 4.85. The monoisotopic (exact) mass is 269 g/mol. The Labute approximate surface area is 116 Å². The van der Waals surface area contributed by atoms with Crippen LogP contribution >= 0.6 is 0 Å². The van der Waals surface area contributed by atoms with Gasteiger partial charge in [0.2, 0.25) is 0 Å². The van der Waals surface area contributed by atoms with Crippen LogP contribution in [0.15, 0.2) is 36.4 Å². The Bertz CT molecular complexity index is 656. The average molecular weight is 269 g/mol. The summed E-state index contributed by atoms with van der Waals surface area (Å²) in [6, 6.07) is 11.6. The van der Waals surface area contributed by atoms with E-state index in [2.05, 4.69) is 4.98 Å². The average Bonchev–Trinajstić information content (AvgIpc) is 2.47. The first-order valence-electron chi connectivity index (χ1n) is 6.46. The molecule has 0 saturated heterocycles. The molecule has 3 rings (SSSR count). The minimum atomic E-state index is -0.907. The number of rotatable bonds is 1. The summed E-state index contributed by atoms with van der Waals surface area (Å²) in [5.74, 6) is 0. The van der Waals surface area contributed by atoms with E-state index in [1.807, 2.05) is 36.4 Å². The van der Waals surface area contributed by atoms with Gasteiger partial charge in [0.05, 0.1) is 23.6 Å². The van der Waals surface area contributed by atoms with E-state index in [-0.39, 0.29) is 0 Å². The highest BCUT2D eigenvalue weighted by Crippen LogP contribution is 2.28. The molecule has 5 heteroatoms. The summed E-state index contributed by atoms with van der Waals surface area (Å²) in [6.45, 7) is 0.818. The Morgan fingerprint density at radius 2 is 2.05 bits per heavy atom. The largest absolute Gasteiger partial charge is 0.465 e. The molecule has 1 aliphatic heterocycles. The predicted molar refractivity (Wildman–Crippen MR) is 76.2 cm³/mol. The smallest absolute Gasteiger partial charge is 0.407 e. The van der Waals surface area contributed by atoms with Gasteiger partial charge in [-0.15, -0.1) is 0 Å². The Hall–Kier alpha value is -2.56. The van der Waals surface area contributed by atoms with Gasteiger partial charge in [-0.1, -0.05) is 30.3 Å². The Balaban J connectivity index is 2.03. The van der Waals surface area contributed by atoms with Crippen molar-refractivity contribution in [2.24, 2.45) is 0 Å². The maximum Gasteiger partial charge on any atom is 0.407 e. The molecule has 0 fully saturated rings. The molecule has 1 aromatic heterocycles. The molecule has 1 aliphatic rings. The quantitative estimate of drug-likeness (QED) is 0.833. The molecule has 1 amide bonds. The van der Waals surface area contributed by atoms with Gasteiger partial charge in [-0.3, -0.25) is 0 Å². The number of carbonyl (C=O) groups is 1. The number of hydrogen-bond donors (Lipinski definition) is 2. The summed E-state index contributed by atoms with van der Waals surface area (Å²) in [4.78, 5) is 17.0. The number of carboxylic acid groups (broad SMARTS) is 1. The second-order valence-electron chi connectivity index (χ2n) is 4.85. The van der Waals surface area contributed by atoms with Crippen molar-refractivity contribution in [2.75, 3.05) is 12.3 Å². The molecule has 3 N–H and O–H groups in total. The molecule has 0 saturated carbocycles. The fourth-order valence-corrected chi connectivity index (χ4v) is 2.47. The van der Waals surface area contributed by atoms with Crippen LogP contribution in [0.5, 0.6) is 0 Å². The lowest BCUT2D eigenvalue weighted by molar-refractivity contribution is 0.139. The number of anilines is 1. The van der Waals surface area contributed by atoms with Crippen LogP contribution in [-0.2, 0) is 13.0 Å². The lowest BCUT2D eigenvalue weighted by atomic mass is 10.0. The van der Waals surface area contributed by atoms with Crippen LogP contribution in [0.3, 0.4) is 0 Å². The number of aromatic nitrogens is 1. The number of nitrogens with two attached hydrogens (primary N) is 1. The van der Waals surface area contributed by atoms with Crippen molar-refractivity contribution in [2.45, 2.75) is 13.0 Å². The van der Waals surface area contributed by atoms with E-state index in [0.717, 1.165) is 22.5 Å². The number of fused-ring (bicyclic) bond motifs is 1. The first-order chi connectivity index (χ1) is 9.65. The minimum Gasteiger partial charge on any atom is -0.465 e. The third kappa shape index (κ3) is 2.18. The number of benzene rings is 1. The summed E-state index contributed by atoms with van der Waals surface area (Å²) in [6.07, 6.45) is -0.246. The predicted octanol–water partition coefficient (Wildman–Crippen LogP) is 2.37. The van der Waals surface area contributed by atoms with Crippen molar-refractivity contribution in [1.29, 1.82) is 0 Å². The lowest BCUT2D eigenvalue weighted by Gasteiger charge is -2.26. The highest BCUT2D eigenvalue weighted by Gasteiger charge is 2.22. The Morgan fingerprint density at radius 1 is 1.30 bits per heavy atom. The van der Waals surface area contributed by atoms with Crippen molar-refractivity contribution < 1.29 is 9.90 Å². The van der Waals surface area contributed by atoms with Crippen molar-refractivity contribution in [3.8, 4) is 11.3 Å². The highest BCUT2D eigenvalue weighted by atomic mass is 16.4. The fourth-order valence-electron chi connectivity index (χ4n) is 2.47. The third-order valence-electron chi connectivity index (χ3n) is 3.53. The van der Waals surface area contributed by atoms with Gasteiger partial charge in [0.15, 0.2) is 0 Å². The number of hydrogen-bond acceptors (Lipinski definition) is 3. The van der Waals surface area contributed by atoms with E-state index in [1.165, 1.54) is 4.90 Å². The van der Waals surface area contributed by atoms with Crippen molar-refractivity contribution in [1.82, 2.24) is 9.88 Å². The van der Waals surface area contributed by atoms with Gasteiger partial charge in [-0.2, -0.15) is 0 Å². The Kier molecular flexibility index (Phi) is 3.02. The summed E-state index contributed by atoms with van der Waals surface area (Å²) in [5, 5.41) is 9.08. The van der Waals surface area contributed by atoms with Crippen LogP contribution in [0.4, 0.5) is 10.5 Å². The zero-order valence-corrected chi connectivity index (χ0v) is 10.9. The first-order valence-corrected chi connectivity index (χ1v) is 6.46. The van der Waals surface area contributed by atoms with Crippen molar-refractivity contribution >= 4 is 11.8 Å². The zero-order valence-electron chi connectivity index (χ0n) is 10.9. The maximum absolute atomic E-state index is 11.1. The molecular formula is C15H15N3O2. The number of pyridine rings is 1. The van der Waals surface area contributed by atoms with Crippen LogP contribution in [-0.4, -0.2) is 27.6 Å². The molecule has 0 spiro atoms.